The number of carbonyl (C=O) groups excluding carboxylic acids is 1. The summed E-state index contributed by atoms with van der Waals surface area (Å²) >= 11 is 0. The van der Waals surface area contributed by atoms with E-state index < -0.39 is 6.10 Å². The molecule has 2 aromatic rings. The second-order valence-electron chi connectivity index (χ2n) is 5.61. The number of hydrogen-bond acceptors (Lipinski definition) is 5. The van der Waals surface area contributed by atoms with E-state index >= 15 is 0 Å². The average molecular weight is 330 g/mol. The highest BCUT2D eigenvalue weighted by Crippen LogP contribution is 2.16. The van der Waals surface area contributed by atoms with Crippen molar-refractivity contribution < 1.29 is 13.9 Å². The highest BCUT2D eigenvalue weighted by atomic mass is 19.1. The highest BCUT2D eigenvalue weighted by molar-refractivity contribution is 5.81. The first-order valence-electron chi connectivity index (χ1n) is 7.87. The van der Waals surface area contributed by atoms with Gasteiger partial charge in [0.1, 0.15) is 11.6 Å². The molecule has 24 heavy (non-hydrogen) atoms. The first kappa shape index (κ1) is 16.2. The number of benzene rings is 1. The number of piperazine rings is 1. The van der Waals surface area contributed by atoms with Crippen molar-refractivity contribution in [3.05, 3.63) is 48.4 Å². The van der Waals surface area contributed by atoms with Crippen LogP contribution in [0.2, 0.25) is 0 Å². The van der Waals surface area contributed by atoms with Gasteiger partial charge in [-0.15, -0.1) is 5.10 Å². The van der Waals surface area contributed by atoms with Gasteiger partial charge in [0.25, 0.3) is 5.91 Å². The van der Waals surface area contributed by atoms with Gasteiger partial charge >= 0.3 is 0 Å². The first-order valence-corrected chi connectivity index (χ1v) is 7.87. The molecule has 0 N–H and O–H groups in total. The number of carbonyl (C=O) groups is 1. The minimum Gasteiger partial charge on any atom is -0.481 e. The van der Waals surface area contributed by atoms with Gasteiger partial charge in [0, 0.05) is 38.4 Å². The van der Waals surface area contributed by atoms with E-state index in [1.54, 1.807) is 30.2 Å². The zero-order chi connectivity index (χ0) is 16.9. The molecule has 1 aromatic heterocycles. The lowest BCUT2D eigenvalue weighted by atomic mass is 10.2. The molecule has 0 saturated carbocycles. The minimum absolute atomic E-state index is 0.0990. The summed E-state index contributed by atoms with van der Waals surface area (Å²) in [7, 11) is 0. The Balaban J connectivity index is 1.55. The highest BCUT2D eigenvalue weighted by Gasteiger charge is 2.26. The van der Waals surface area contributed by atoms with Crippen molar-refractivity contribution in [2.75, 3.05) is 31.1 Å². The molecule has 126 valence electrons. The maximum atomic E-state index is 13.2. The molecule has 1 aliphatic rings. The van der Waals surface area contributed by atoms with E-state index in [4.69, 9.17) is 4.74 Å². The van der Waals surface area contributed by atoms with Gasteiger partial charge in [-0.25, -0.2) is 4.39 Å². The Morgan fingerprint density at radius 3 is 2.67 bits per heavy atom. The standard InChI is InChI=1S/C17H19FN4O2/c1-13(24-15-5-2-4-14(18)12-15)17(23)22-10-8-21(9-11-22)16-6-3-7-19-20-16/h2-7,12-13H,8-11H2,1H3. The Hall–Kier alpha value is -2.70. The second kappa shape index (κ2) is 7.25. The first-order chi connectivity index (χ1) is 11.6. The second-order valence-corrected chi connectivity index (χ2v) is 5.61. The summed E-state index contributed by atoms with van der Waals surface area (Å²) in [6, 6.07) is 9.55. The van der Waals surface area contributed by atoms with Gasteiger partial charge in [0.15, 0.2) is 11.9 Å². The van der Waals surface area contributed by atoms with Crippen LogP contribution in [0, 0.1) is 5.82 Å². The van der Waals surface area contributed by atoms with Crippen LogP contribution in [0.25, 0.3) is 0 Å². The molecule has 1 fully saturated rings. The number of ether oxygens (including phenoxy) is 1. The van der Waals surface area contributed by atoms with Gasteiger partial charge in [0.05, 0.1) is 0 Å². The van der Waals surface area contributed by atoms with E-state index in [-0.39, 0.29) is 11.7 Å². The lowest BCUT2D eigenvalue weighted by Gasteiger charge is -2.36. The maximum absolute atomic E-state index is 13.2. The van der Waals surface area contributed by atoms with Crippen LogP contribution < -0.4 is 9.64 Å². The molecule has 3 rings (SSSR count). The number of anilines is 1. The van der Waals surface area contributed by atoms with Gasteiger partial charge in [-0.05, 0) is 31.2 Å². The van der Waals surface area contributed by atoms with Crippen LogP contribution in [0.1, 0.15) is 6.92 Å². The van der Waals surface area contributed by atoms with Crippen molar-refractivity contribution in [1.82, 2.24) is 15.1 Å². The molecular formula is C17H19FN4O2. The topological polar surface area (TPSA) is 58.6 Å². The van der Waals surface area contributed by atoms with Gasteiger partial charge in [-0.3, -0.25) is 4.79 Å². The Morgan fingerprint density at radius 2 is 2.00 bits per heavy atom. The number of hydrogen-bond donors (Lipinski definition) is 0. The van der Waals surface area contributed by atoms with Crippen LogP contribution in [0.15, 0.2) is 42.6 Å². The minimum atomic E-state index is -0.658. The van der Waals surface area contributed by atoms with E-state index in [0.717, 1.165) is 5.82 Å². The maximum Gasteiger partial charge on any atom is 0.263 e. The van der Waals surface area contributed by atoms with Crippen LogP contribution >= 0.6 is 0 Å². The number of amides is 1. The SMILES string of the molecule is CC(Oc1cccc(F)c1)C(=O)N1CCN(c2cccnn2)CC1. The molecule has 1 saturated heterocycles. The van der Waals surface area contributed by atoms with Gasteiger partial charge < -0.3 is 14.5 Å². The van der Waals surface area contributed by atoms with Crippen molar-refractivity contribution in [3.8, 4) is 5.75 Å². The Labute approximate surface area is 139 Å². The van der Waals surface area contributed by atoms with Crippen molar-refractivity contribution in [3.63, 3.8) is 0 Å². The summed E-state index contributed by atoms with van der Waals surface area (Å²) in [5, 5.41) is 7.96. The van der Waals surface area contributed by atoms with Gasteiger partial charge in [-0.2, -0.15) is 5.10 Å². The van der Waals surface area contributed by atoms with Crippen LogP contribution in [-0.2, 0) is 4.79 Å². The average Bonchev–Trinajstić information content (AvgIpc) is 2.62. The van der Waals surface area contributed by atoms with Gasteiger partial charge in [0.2, 0.25) is 0 Å². The molecular weight excluding hydrogens is 311 g/mol. The fourth-order valence-corrected chi connectivity index (χ4v) is 2.67. The fraction of sp³-hybridized carbons (Fsp3) is 0.353. The lowest BCUT2D eigenvalue weighted by molar-refractivity contribution is -0.138. The summed E-state index contributed by atoms with van der Waals surface area (Å²) in [6.45, 7) is 4.25. The van der Waals surface area contributed by atoms with Crippen LogP contribution in [0.5, 0.6) is 5.75 Å². The monoisotopic (exact) mass is 330 g/mol. The Morgan fingerprint density at radius 1 is 1.21 bits per heavy atom. The number of halogens is 1. The number of nitrogens with zero attached hydrogens (tertiary/aromatic N) is 4. The van der Waals surface area contributed by atoms with Gasteiger partial charge in [-0.1, -0.05) is 6.07 Å². The third kappa shape index (κ3) is 3.79. The summed E-state index contributed by atoms with van der Waals surface area (Å²) in [5.74, 6) is 0.686. The summed E-state index contributed by atoms with van der Waals surface area (Å²) in [5.41, 5.74) is 0. The molecule has 1 aromatic carbocycles. The molecule has 1 aliphatic heterocycles. The normalized spacial score (nSPS) is 15.9. The molecule has 0 aliphatic carbocycles. The smallest absolute Gasteiger partial charge is 0.263 e. The molecule has 1 unspecified atom stereocenters. The van der Waals surface area contributed by atoms with E-state index in [9.17, 15) is 9.18 Å². The Bertz CT molecular complexity index is 690. The molecule has 1 atom stereocenters. The van der Waals surface area contributed by atoms with Crippen molar-refractivity contribution in [1.29, 1.82) is 0 Å². The van der Waals surface area contributed by atoms with Crippen LogP contribution in [-0.4, -0.2) is 53.3 Å². The zero-order valence-electron chi connectivity index (χ0n) is 13.4. The predicted molar refractivity (Wildman–Crippen MR) is 87.3 cm³/mol. The van der Waals surface area contributed by atoms with E-state index in [1.807, 2.05) is 12.1 Å². The third-order valence-corrected chi connectivity index (χ3v) is 3.93. The molecule has 0 bridgehead atoms. The van der Waals surface area contributed by atoms with E-state index in [2.05, 4.69) is 15.1 Å². The van der Waals surface area contributed by atoms with Crippen molar-refractivity contribution >= 4 is 11.7 Å². The molecule has 7 heteroatoms. The fourth-order valence-electron chi connectivity index (χ4n) is 2.67. The van der Waals surface area contributed by atoms with E-state index in [1.165, 1.54) is 12.1 Å². The largest absolute Gasteiger partial charge is 0.481 e. The quantitative estimate of drug-likeness (QED) is 0.854. The summed E-state index contributed by atoms with van der Waals surface area (Å²) in [6.07, 6.45) is 0.976. The predicted octanol–water partition coefficient (Wildman–Crippen LogP) is 1.73. The summed E-state index contributed by atoms with van der Waals surface area (Å²) < 4.78 is 18.7. The van der Waals surface area contributed by atoms with E-state index in [0.29, 0.717) is 31.9 Å². The number of aromatic nitrogens is 2. The molecule has 1 amide bonds. The molecule has 0 spiro atoms. The van der Waals surface area contributed by atoms with Crippen LogP contribution in [0.4, 0.5) is 10.2 Å². The molecule has 6 nitrogen and oxygen atoms in total. The third-order valence-electron chi connectivity index (χ3n) is 3.93. The van der Waals surface area contributed by atoms with Crippen molar-refractivity contribution in [2.45, 2.75) is 13.0 Å². The van der Waals surface area contributed by atoms with Crippen LogP contribution in [0.3, 0.4) is 0 Å². The molecule has 0 radical (unpaired) electrons. The lowest BCUT2D eigenvalue weighted by Crippen LogP contribution is -2.52. The van der Waals surface area contributed by atoms with Crippen molar-refractivity contribution in [2.24, 2.45) is 0 Å². The molecule has 2 heterocycles. The summed E-state index contributed by atoms with van der Waals surface area (Å²) in [4.78, 5) is 16.3. The Kier molecular flexibility index (Phi) is 4.88. The number of rotatable bonds is 4. The zero-order valence-corrected chi connectivity index (χ0v) is 13.4.